The number of nitrogens with zero attached hydrogens (tertiary/aromatic N) is 2. The molecule has 2 heterocycles. The third kappa shape index (κ3) is 2.13. The molecule has 0 saturated carbocycles. The predicted octanol–water partition coefficient (Wildman–Crippen LogP) is 4.78. The van der Waals surface area contributed by atoms with Crippen LogP contribution >= 0.6 is 11.6 Å². The van der Waals surface area contributed by atoms with E-state index in [1.54, 1.807) is 0 Å². The Labute approximate surface area is 117 Å². The van der Waals surface area contributed by atoms with Crippen molar-refractivity contribution in [1.29, 1.82) is 0 Å². The van der Waals surface area contributed by atoms with E-state index < -0.39 is 0 Å². The van der Waals surface area contributed by atoms with Gasteiger partial charge in [-0.1, -0.05) is 49.7 Å². The summed E-state index contributed by atoms with van der Waals surface area (Å²) in [6, 6.07) is 12.4. The first-order valence-electron chi connectivity index (χ1n) is 6.38. The maximum Gasteiger partial charge on any atom is 0.156 e. The molecule has 0 atom stereocenters. The van der Waals surface area contributed by atoms with Crippen molar-refractivity contribution < 1.29 is 0 Å². The van der Waals surface area contributed by atoms with Gasteiger partial charge in [0.25, 0.3) is 0 Å². The van der Waals surface area contributed by atoms with Crippen LogP contribution in [0.5, 0.6) is 0 Å². The second-order valence-electron chi connectivity index (χ2n) is 4.97. The molecule has 0 aliphatic carbocycles. The first-order valence-corrected chi connectivity index (χ1v) is 6.76. The van der Waals surface area contributed by atoms with Crippen molar-refractivity contribution in [3.8, 4) is 11.3 Å². The van der Waals surface area contributed by atoms with Gasteiger partial charge in [0.05, 0.1) is 16.9 Å². The molecule has 0 saturated heterocycles. The van der Waals surface area contributed by atoms with E-state index >= 15 is 0 Å². The van der Waals surface area contributed by atoms with Gasteiger partial charge in [-0.15, -0.1) is 0 Å². The van der Waals surface area contributed by atoms with Gasteiger partial charge in [0.1, 0.15) is 0 Å². The van der Waals surface area contributed by atoms with Crippen LogP contribution in [0.4, 0.5) is 0 Å². The van der Waals surface area contributed by atoms with E-state index in [1.165, 1.54) is 5.56 Å². The van der Waals surface area contributed by atoms with E-state index in [2.05, 4.69) is 43.1 Å². The van der Waals surface area contributed by atoms with Gasteiger partial charge in [0.2, 0.25) is 0 Å². The Balaban J connectivity index is 2.11. The van der Waals surface area contributed by atoms with Gasteiger partial charge in [0.15, 0.2) is 5.65 Å². The highest BCUT2D eigenvalue weighted by Gasteiger charge is 2.08. The minimum atomic E-state index is 0.547. The van der Waals surface area contributed by atoms with Crippen molar-refractivity contribution in [2.75, 3.05) is 0 Å². The Hall–Kier alpha value is -1.80. The van der Waals surface area contributed by atoms with Crippen molar-refractivity contribution in [3.63, 3.8) is 0 Å². The van der Waals surface area contributed by atoms with Crippen molar-refractivity contribution in [2.45, 2.75) is 19.8 Å². The molecule has 96 valence electrons. The Bertz CT molecular complexity index is 711. The number of imidazole rings is 1. The average molecular weight is 271 g/mol. The van der Waals surface area contributed by atoms with E-state index in [9.17, 15) is 0 Å². The largest absolute Gasteiger partial charge is 0.298 e. The summed E-state index contributed by atoms with van der Waals surface area (Å²) >= 11 is 6.14. The van der Waals surface area contributed by atoms with E-state index in [0.29, 0.717) is 10.9 Å². The van der Waals surface area contributed by atoms with E-state index in [0.717, 1.165) is 16.9 Å². The number of halogens is 1. The molecule has 3 rings (SSSR count). The van der Waals surface area contributed by atoms with E-state index in [1.807, 2.05) is 28.9 Å². The second-order valence-corrected chi connectivity index (χ2v) is 5.38. The van der Waals surface area contributed by atoms with Gasteiger partial charge in [-0.2, -0.15) is 0 Å². The highest BCUT2D eigenvalue weighted by Crippen LogP contribution is 2.25. The lowest BCUT2D eigenvalue weighted by molar-refractivity contribution is 0.867. The van der Waals surface area contributed by atoms with Gasteiger partial charge >= 0.3 is 0 Å². The molecule has 1 aromatic carbocycles. The van der Waals surface area contributed by atoms with Crippen molar-refractivity contribution >= 4 is 17.2 Å². The molecule has 0 radical (unpaired) electrons. The maximum absolute atomic E-state index is 6.14. The number of rotatable bonds is 2. The van der Waals surface area contributed by atoms with E-state index in [-0.39, 0.29) is 0 Å². The highest BCUT2D eigenvalue weighted by atomic mass is 35.5. The molecule has 0 unspecified atom stereocenters. The van der Waals surface area contributed by atoms with Gasteiger partial charge in [-0.05, 0) is 23.6 Å². The van der Waals surface area contributed by atoms with Crippen LogP contribution in [0.2, 0.25) is 5.02 Å². The van der Waals surface area contributed by atoms with Crippen LogP contribution in [0.15, 0.2) is 48.8 Å². The highest BCUT2D eigenvalue weighted by molar-refractivity contribution is 6.33. The fourth-order valence-electron chi connectivity index (χ4n) is 2.23. The van der Waals surface area contributed by atoms with Gasteiger partial charge < -0.3 is 0 Å². The first kappa shape index (κ1) is 12.2. The zero-order valence-corrected chi connectivity index (χ0v) is 11.7. The zero-order valence-electron chi connectivity index (χ0n) is 11.0. The number of pyridine rings is 1. The molecule has 2 aromatic heterocycles. The molecule has 0 aliphatic rings. The minimum absolute atomic E-state index is 0.547. The third-order valence-electron chi connectivity index (χ3n) is 3.36. The lowest BCUT2D eigenvalue weighted by Crippen LogP contribution is -1.90. The number of benzene rings is 1. The number of aromatic nitrogens is 2. The van der Waals surface area contributed by atoms with E-state index in [4.69, 9.17) is 11.6 Å². The van der Waals surface area contributed by atoms with Crippen LogP contribution in [-0.2, 0) is 0 Å². The van der Waals surface area contributed by atoms with Crippen LogP contribution in [0.3, 0.4) is 0 Å². The van der Waals surface area contributed by atoms with Crippen molar-refractivity contribution in [3.05, 3.63) is 59.4 Å². The Morgan fingerprint density at radius 2 is 1.84 bits per heavy atom. The smallest absolute Gasteiger partial charge is 0.156 e. The maximum atomic E-state index is 6.14. The van der Waals surface area contributed by atoms with Gasteiger partial charge in [0, 0.05) is 11.8 Å². The zero-order chi connectivity index (χ0) is 13.4. The molecule has 19 heavy (non-hydrogen) atoms. The molecule has 0 spiro atoms. The summed E-state index contributed by atoms with van der Waals surface area (Å²) in [4.78, 5) is 4.38. The van der Waals surface area contributed by atoms with Crippen molar-refractivity contribution in [2.24, 2.45) is 0 Å². The molecule has 3 heteroatoms. The van der Waals surface area contributed by atoms with Crippen LogP contribution in [-0.4, -0.2) is 9.38 Å². The van der Waals surface area contributed by atoms with Crippen LogP contribution in [0, 0.1) is 0 Å². The molecule has 0 amide bonds. The lowest BCUT2D eigenvalue weighted by Gasteiger charge is -2.07. The molecule has 2 nitrogen and oxygen atoms in total. The summed E-state index contributed by atoms with van der Waals surface area (Å²) < 4.78 is 2.02. The standard InChI is InChI=1S/C16H15ClN2/c1-11(2)12-5-7-13(8-6-12)15-10-18-16-14(17)4-3-9-19(15)16/h3-11H,1-2H3. The van der Waals surface area contributed by atoms with Gasteiger partial charge in [-0.25, -0.2) is 4.98 Å². The van der Waals surface area contributed by atoms with Crippen LogP contribution in [0.25, 0.3) is 16.9 Å². The summed E-state index contributed by atoms with van der Waals surface area (Å²) in [5.41, 5.74) is 4.36. The number of hydrogen-bond donors (Lipinski definition) is 0. The summed E-state index contributed by atoms with van der Waals surface area (Å²) in [5, 5.41) is 0.674. The van der Waals surface area contributed by atoms with Crippen LogP contribution in [0.1, 0.15) is 25.3 Å². The van der Waals surface area contributed by atoms with Crippen LogP contribution < -0.4 is 0 Å². The predicted molar refractivity (Wildman–Crippen MR) is 79.7 cm³/mol. The molecule has 0 aliphatic heterocycles. The van der Waals surface area contributed by atoms with Gasteiger partial charge in [-0.3, -0.25) is 4.40 Å². The van der Waals surface area contributed by atoms with Crippen molar-refractivity contribution in [1.82, 2.24) is 9.38 Å². The fourth-order valence-corrected chi connectivity index (χ4v) is 2.44. The second kappa shape index (κ2) is 4.71. The number of hydrogen-bond acceptors (Lipinski definition) is 1. The summed E-state index contributed by atoms with van der Waals surface area (Å²) in [5.74, 6) is 0.547. The monoisotopic (exact) mass is 270 g/mol. The lowest BCUT2D eigenvalue weighted by atomic mass is 10.0. The SMILES string of the molecule is CC(C)c1ccc(-c2cnc3c(Cl)cccn23)cc1. The molecule has 3 aromatic rings. The molecular formula is C16H15ClN2. The Morgan fingerprint density at radius 1 is 1.11 bits per heavy atom. The summed E-state index contributed by atoms with van der Waals surface area (Å²) in [6.45, 7) is 4.39. The Morgan fingerprint density at radius 3 is 2.53 bits per heavy atom. The summed E-state index contributed by atoms with van der Waals surface area (Å²) in [6.07, 6.45) is 3.85. The number of fused-ring (bicyclic) bond motifs is 1. The average Bonchev–Trinajstić information content (AvgIpc) is 2.84. The topological polar surface area (TPSA) is 17.3 Å². The third-order valence-corrected chi connectivity index (χ3v) is 3.66. The minimum Gasteiger partial charge on any atom is -0.298 e. The molecule has 0 bridgehead atoms. The fraction of sp³-hybridized carbons (Fsp3) is 0.188. The quantitative estimate of drug-likeness (QED) is 0.655. The molecule has 0 N–H and O–H groups in total. The molecular weight excluding hydrogens is 256 g/mol. The summed E-state index contributed by atoms with van der Waals surface area (Å²) in [7, 11) is 0. The first-order chi connectivity index (χ1) is 9.16. The normalized spacial score (nSPS) is 11.4. The molecule has 0 fully saturated rings. The Kier molecular flexibility index (Phi) is 3.03.